The number of nitrogens with one attached hydrogen (secondary N) is 2. The van der Waals surface area contributed by atoms with Gasteiger partial charge in [0.1, 0.15) is 5.01 Å². The Balaban J connectivity index is 1.20. The number of para-hydroxylation sites is 1. The SMILES string of the molecule is Cc1ccc(Cn2cc(/C=N\NC(=O)Cc3nnc(NC(=O)c4ccc(C)cc4)s3)c3ccccc32)cc1. The van der Waals surface area contributed by atoms with Gasteiger partial charge in [-0.25, -0.2) is 5.43 Å². The minimum absolute atomic E-state index is 0.00456. The number of amides is 2. The molecule has 2 heterocycles. The van der Waals surface area contributed by atoms with E-state index in [-0.39, 0.29) is 18.2 Å². The second-order valence-electron chi connectivity index (χ2n) is 9.01. The van der Waals surface area contributed by atoms with Crippen molar-refractivity contribution in [2.45, 2.75) is 26.8 Å². The number of hydrogen-bond donors (Lipinski definition) is 2. The molecule has 0 bridgehead atoms. The summed E-state index contributed by atoms with van der Waals surface area (Å²) in [7, 11) is 0. The summed E-state index contributed by atoms with van der Waals surface area (Å²) in [5.74, 6) is -0.597. The van der Waals surface area contributed by atoms with Crippen LogP contribution in [0.2, 0.25) is 0 Å². The molecule has 2 aromatic heterocycles. The normalized spacial score (nSPS) is 11.2. The molecule has 0 aliphatic rings. The van der Waals surface area contributed by atoms with Gasteiger partial charge in [0, 0.05) is 34.8 Å². The van der Waals surface area contributed by atoms with E-state index in [9.17, 15) is 9.59 Å². The van der Waals surface area contributed by atoms with E-state index in [0.29, 0.717) is 15.7 Å². The van der Waals surface area contributed by atoms with Crippen molar-refractivity contribution in [2.24, 2.45) is 5.10 Å². The number of hydrazone groups is 1. The highest BCUT2D eigenvalue weighted by atomic mass is 32.1. The second-order valence-corrected chi connectivity index (χ2v) is 10.1. The van der Waals surface area contributed by atoms with Gasteiger partial charge in [-0.2, -0.15) is 5.10 Å². The molecule has 2 amide bonds. The van der Waals surface area contributed by atoms with Crippen molar-refractivity contribution in [1.29, 1.82) is 0 Å². The average molecular weight is 523 g/mol. The lowest BCUT2D eigenvalue weighted by Gasteiger charge is -2.06. The molecule has 0 unspecified atom stereocenters. The zero-order valence-electron chi connectivity index (χ0n) is 21.0. The Morgan fingerprint density at radius 2 is 1.66 bits per heavy atom. The molecule has 3 aromatic carbocycles. The standard InChI is InChI=1S/C29H26N6O2S/c1-19-7-11-21(12-8-19)17-35-18-23(24-5-3-4-6-25(24)35)16-30-32-26(36)15-27-33-34-29(38-27)31-28(37)22-13-9-20(2)10-14-22/h3-14,16,18H,15,17H2,1-2H3,(H,32,36)(H,31,34,37)/b30-16-. The Labute approximate surface area is 224 Å². The number of aryl methyl sites for hydroxylation is 2. The first-order chi connectivity index (χ1) is 18.4. The number of hydrogen-bond acceptors (Lipinski definition) is 6. The van der Waals surface area contributed by atoms with E-state index in [1.165, 1.54) is 11.1 Å². The summed E-state index contributed by atoms with van der Waals surface area (Å²) in [4.78, 5) is 24.8. The van der Waals surface area contributed by atoms with Gasteiger partial charge >= 0.3 is 0 Å². The number of carbonyl (C=O) groups is 2. The highest BCUT2D eigenvalue weighted by Crippen LogP contribution is 2.22. The number of fused-ring (bicyclic) bond motifs is 1. The smallest absolute Gasteiger partial charge is 0.257 e. The average Bonchev–Trinajstić information content (AvgIpc) is 3.50. The first kappa shape index (κ1) is 25.0. The number of benzene rings is 3. The Morgan fingerprint density at radius 3 is 2.42 bits per heavy atom. The molecule has 5 aromatic rings. The van der Waals surface area contributed by atoms with Gasteiger partial charge in [-0.05, 0) is 37.6 Å². The van der Waals surface area contributed by atoms with E-state index in [4.69, 9.17) is 0 Å². The molecule has 5 rings (SSSR count). The Bertz CT molecular complexity index is 1620. The molecule has 0 aliphatic carbocycles. The molecular weight excluding hydrogens is 496 g/mol. The molecule has 0 atom stereocenters. The van der Waals surface area contributed by atoms with Gasteiger partial charge in [-0.1, -0.05) is 77.1 Å². The van der Waals surface area contributed by atoms with Crippen LogP contribution in [0.4, 0.5) is 5.13 Å². The molecule has 2 N–H and O–H groups in total. The van der Waals surface area contributed by atoms with Gasteiger partial charge in [0.05, 0.1) is 12.6 Å². The Morgan fingerprint density at radius 1 is 0.947 bits per heavy atom. The zero-order chi connectivity index (χ0) is 26.5. The van der Waals surface area contributed by atoms with E-state index in [1.54, 1.807) is 18.3 Å². The molecule has 0 fully saturated rings. The van der Waals surface area contributed by atoms with Crippen molar-refractivity contribution in [2.75, 3.05) is 5.32 Å². The Kier molecular flexibility index (Phi) is 7.37. The summed E-state index contributed by atoms with van der Waals surface area (Å²) < 4.78 is 2.18. The third-order valence-corrected chi connectivity index (χ3v) is 6.84. The highest BCUT2D eigenvalue weighted by Gasteiger charge is 2.13. The molecule has 0 spiro atoms. The monoisotopic (exact) mass is 522 g/mol. The topological polar surface area (TPSA) is 101 Å². The lowest BCUT2D eigenvalue weighted by Crippen LogP contribution is -2.19. The van der Waals surface area contributed by atoms with Crippen molar-refractivity contribution in [1.82, 2.24) is 20.2 Å². The summed E-state index contributed by atoms with van der Waals surface area (Å²) in [6, 6.07) is 23.8. The first-order valence-electron chi connectivity index (χ1n) is 12.1. The van der Waals surface area contributed by atoms with Crippen molar-refractivity contribution >= 4 is 45.4 Å². The van der Waals surface area contributed by atoms with Crippen LogP contribution in [-0.4, -0.2) is 32.8 Å². The molecule has 0 aliphatic heterocycles. The predicted octanol–water partition coefficient (Wildman–Crippen LogP) is 5.10. The third kappa shape index (κ3) is 6.01. The van der Waals surface area contributed by atoms with E-state index in [1.807, 2.05) is 43.5 Å². The third-order valence-electron chi connectivity index (χ3n) is 6.00. The van der Waals surface area contributed by atoms with Crippen LogP contribution in [0.3, 0.4) is 0 Å². The largest absolute Gasteiger partial charge is 0.342 e. The van der Waals surface area contributed by atoms with Crippen molar-refractivity contribution in [3.05, 3.63) is 112 Å². The summed E-state index contributed by atoms with van der Waals surface area (Å²) in [6.07, 6.45) is 3.69. The minimum atomic E-state index is -0.322. The summed E-state index contributed by atoms with van der Waals surface area (Å²) >= 11 is 1.15. The van der Waals surface area contributed by atoms with Crippen molar-refractivity contribution in [3.8, 4) is 0 Å². The number of rotatable bonds is 8. The number of aromatic nitrogens is 3. The maximum Gasteiger partial charge on any atom is 0.257 e. The number of nitrogens with zero attached hydrogens (tertiary/aromatic N) is 4. The van der Waals surface area contributed by atoms with E-state index in [0.717, 1.165) is 39.9 Å². The van der Waals surface area contributed by atoms with Gasteiger partial charge in [0.25, 0.3) is 5.91 Å². The molecule has 9 heteroatoms. The maximum absolute atomic E-state index is 12.4. The van der Waals surface area contributed by atoms with Gasteiger partial charge < -0.3 is 4.57 Å². The maximum atomic E-state index is 12.4. The Hall–Kier alpha value is -4.63. The van der Waals surface area contributed by atoms with Crippen LogP contribution in [0.1, 0.15) is 37.6 Å². The van der Waals surface area contributed by atoms with E-state index >= 15 is 0 Å². The quantitative estimate of drug-likeness (QED) is 0.219. The first-order valence-corrected chi connectivity index (χ1v) is 12.9. The molecule has 0 saturated carbocycles. The lowest BCUT2D eigenvalue weighted by molar-refractivity contribution is -0.120. The summed E-state index contributed by atoms with van der Waals surface area (Å²) in [5, 5.41) is 16.7. The summed E-state index contributed by atoms with van der Waals surface area (Å²) in [5.41, 5.74) is 8.60. The van der Waals surface area contributed by atoms with Gasteiger partial charge in [-0.3, -0.25) is 14.9 Å². The molecule has 0 saturated heterocycles. The molecule has 8 nitrogen and oxygen atoms in total. The summed E-state index contributed by atoms with van der Waals surface area (Å²) in [6.45, 7) is 4.77. The van der Waals surface area contributed by atoms with Crippen LogP contribution in [0.25, 0.3) is 10.9 Å². The number of anilines is 1. The predicted molar refractivity (Wildman–Crippen MR) is 151 cm³/mol. The molecular formula is C29H26N6O2S. The van der Waals surface area contributed by atoms with Crippen LogP contribution in [0, 0.1) is 13.8 Å². The van der Waals surface area contributed by atoms with Crippen LogP contribution in [-0.2, 0) is 17.8 Å². The molecule has 38 heavy (non-hydrogen) atoms. The van der Waals surface area contributed by atoms with E-state index < -0.39 is 0 Å². The zero-order valence-corrected chi connectivity index (χ0v) is 21.8. The number of carbonyl (C=O) groups excluding carboxylic acids is 2. The van der Waals surface area contributed by atoms with Gasteiger partial charge in [0.15, 0.2) is 0 Å². The highest BCUT2D eigenvalue weighted by molar-refractivity contribution is 7.15. The fourth-order valence-electron chi connectivity index (χ4n) is 4.00. The van der Waals surface area contributed by atoms with Crippen molar-refractivity contribution < 1.29 is 9.59 Å². The minimum Gasteiger partial charge on any atom is -0.342 e. The lowest BCUT2D eigenvalue weighted by atomic mass is 10.1. The van der Waals surface area contributed by atoms with Gasteiger partial charge in [-0.15, -0.1) is 10.2 Å². The van der Waals surface area contributed by atoms with Crippen LogP contribution < -0.4 is 10.7 Å². The van der Waals surface area contributed by atoms with E-state index in [2.05, 4.69) is 67.9 Å². The molecule has 0 radical (unpaired) electrons. The van der Waals surface area contributed by atoms with Crippen LogP contribution in [0.15, 0.2) is 84.1 Å². The van der Waals surface area contributed by atoms with Crippen LogP contribution in [0.5, 0.6) is 0 Å². The second kappa shape index (κ2) is 11.2. The van der Waals surface area contributed by atoms with Gasteiger partial charge in [0.2, 0.25) is 11.0 Å². The fourth-order valence-corrected chi connectivity index (χ4v) is 4.73. The van der Waals surface area contributed by atoms with Crippen LogP contribution >= 0.6 is 11.3 Å². The molecule has 190 valence electrons. The van der Waals surface area contributed by atoms with Crippen molar-refractivity contribution in [3.63, 3.8) is 0 Å². The fraction of sp³-hybridized carbons (Fsp3) is 0.138.